The SMILES string of the molecule is CC(O)(CF)CC#N. The van der Waals surface area contributed by atoms with Crippen molar-refractivity contribution in [1.29, 1.82) is 5.26 Å². The van der Waals surface area contributed by atoms with Crippen LogP contribution in [0.5, 0.6) is 0 Å². The maximum absolute atomic E-state index is 11.6. The fraction of sp³-hybridized carbons (Fsp3) is 0.800. The summed E-state index contributed by atoms with van der Waals surface area (Å²) in [7, 11) is 0. The van der Waals surface area contributed by atoms with Crippen molar-refractivity contribution in [1.82, 2.24) is 0 Å². The van der Waals surface area contributed by atoms with E-state index in [1.807, 2.05) is 0 Å². The number of aliphatic hydroxyl groups is 1. The lowest BCUT2D eigenvalue weighted by Crippen LogP contribution is -2.25. The first-order chi connectivity index (χ1) is 3.62. The summed E-state index contributed by atoms with van der Waals surface area (Å²) >= 11 is 0. The second-order valence-corrected chi connectivity index (χ2v) is 1.97. The molecule has 0 aromatic heterocycles. The first-order valence-electron chi connectivity index (χ1n) is 2.28. The predicted molar refractivity (Wildman–Crippen MR) is 26.8 cm³/mol. The van der Waals surface area contributed by atoms with E-state index in [9.17, 15) is 4.39 Å². The third kappa shape index (κ3) is 2.54. The van der Waals surface area contributed by atoms with E-state index in [2.05, 4.69) is 0 Å². The van der Waals surface area contributed by atoms with E-state index in [1.54, 1.807) is 6.07 Å². The highest BCUT2D eigenvalue weighted by Crippen LogP contribution is 2.07. The van der Waals surface area contributed by atoms with Gasteiger partial charge in [0.1, 0.15) is 12.3 Å². The van der Waals surface area contributed by atoms with Gasteiger partial charge in [0.05, 0.1) is 12.5 Å². The van der Waals surface area contributed by atoms with Crippen LogP contribution >= 0.6 is 0 Å². The van der Waals surface area contributed by atoms with Crippen molar-refractivity contribution in [3.05, 3.63) is 0 Å². The Balaban J connectivity index is 3.58. The minimum absolute atomic E-state index is 0.149. The molecule has 0 saturated heterocycles. The van der Waals surface area contributed by atoms with Crippen molar-refractivity contribution in [3.8, 4) is 6.07 Å². The fourth-order valence-corrected chi connectivity index (χ4v) is 0.218. The van der Waals surface area contributed by atoms with Gasteiger partial charge in [0.2, 0.25) is 0 Å². The van der Waals surface area contributed by atoms with Gasteiger partial charge in [-0.1, -0.05) is 0 Å². The van der Waals surface area contributed by atoms with Crippen LogP contribution in [0, 0.1) is 11.3 Å². The summed E-state index contributed by atoms with van der Waals surface area (Å²) in [5.74, 6) is 0. The molecule has 46 valence electrons. The molecule has 0 spiro atoms. The second-order valence-electron chi connectivity index (χ2n) is 1.97. The molecule has 1 atom stereocenters. The molecule has 8 heavy (non-hydrogen) atoms. The Morgan fingerprint density at radius 2 is 2.38 bits per heavy atom. The summed E-state index contributed by atoms with van der Waals surface area (Å²) in [6.07, 6.45) is -0.149. The highest BCUT2D eigenvalue weighted by Gasteiger charge is 2.18. The number of rotatable bonds is 2. The molecule has 0 heterocycles. The normalized spacial score (nSPS) is 16.8. The number of hydrogen-bond donors (Lipinski definition) is 1. The molecule has 0 aliphatic rings. The van der Waals surface area contributed by atoms with Crippen molar-refractivity contribution in [2.75, 3.05) is 6.67 Å². The fourth-order valence-electron chi connectivity index (χ4n) is 0.218. The zero-order chi connectivity index (χ0) is 6.62. The maximum atomic E-state index is 11.6. The molecule has 0 saturated carbocycles. The van der Waals surface area contributed by atoms with E-state index in [0.29, 0.717) is 0 Å². The Kier molecular flexibility index (Phi) is 2.43. The van der Waals surface area contributed by atoms with Gasteiger partial charge in [-0.3, -0.25) is 0 Å². The minimum Gasteiger partial charge on any atom is -0.386 e. The van der Waals surface area contributed by atoms with Crippen molar-refractivity contribution >= 4 is 0 Å². The van der Waals surface area contributed by atoms with Crippen LogP contribution in [0.2, 0.25) is 0 Å². The third-order valence-corrected chi connectivity index (χ3v) is 0.748. The first-order valence-corrected chi connectivity index (χ1v) is 2.28. The quantitative estimate of drug-likeness (QED) is 0.576. The number of alkyl halides is 1. The summed E-state index contributed by atoms with van der Waals surface area (Å²) in [5, 5.41) is 16.7. The monoisotopic (exact) mass is 117 g/mol. The highest BCUT2D eigenvalue weighted by atomic mass is 19.1. The minimum atomic E-state index is -1.44. The van der Waals surface area contributed by atoms with Crippen LogP contribution in [0.15, 0.2) is 0 Å². The van der Waals surface area contributed by atoms with E-state index in [4.69, 9.17) is 10.4 Å². The lowest BCUT2D eigenvalue weighted by Gasteiger charge is -2.12. The maximum Gasteiger partial charge on any atom is 0.119 e. The van der Waals surface area contributed by atoms with Gasteiger partial charge in [-0.2, -0.15) is 5.26 Å². The summed E-state index contributed by atoms with van der Waals surface area (Å²) in [6.45, 7) is 0.427. The van der Waals surface area contributed by atoms with Crippen LogP contribution in [0.1, 0.15) is 13.3 Å². The number of halogens is 1. The lowest BCUT2D eigenvalue weighted by atomic mass is 10.1. The van der Waals surface area contributed by atoms with Crippen molar-refractivity contribution in [2.24, 2.45) is 0 Å². The van der Waals surface area contributed by atoms with E-state index < -0.39 is 12.3 Å². The van der Waals surface area contributed by atoms with Crippen molar-refractivity contribution in [3.63, 3.8) is 0 Å². The molecular weight excluding hydrogens is 109 g/mol. The van der Waals surface area contributed by atoms with Gasteiger partial charge in [-0.25, -0.2) is 4.39 Å². The Hall–Kier alpha value is -0.620. The predicted octanol–water partition coefficient (Wildman–Crippen LogP) is 0.621. The molecule has 1 unspecified atom stereocenters. The van der Waals surface area contributed by atoms with Crippen LogP contribution in [0.25, 0.3) is 0 Å². The molecule has 2 nitrogen and oxygen atoms in total. The van der Waals surface area contributed by atoms with Gasteiger partial charge in [-0.05, 0) is 6.92 Å². The number of hydrogen-bond acceptors (Lipinski definition) is 2. The Morgan fingerprint density at radius 1 is 1.88 bits per heavy atom. The molecule has 0 amide bonds. The molecule has 0 aromatic carbocycles. The molecule has 0 aliphatic carbocycles. The van der Waals surface area contributed by atoms with Gasteiger partial charge in [0.25, 0.3) is 0 Å². The zero-order valence-electron chi connectivity index (χ0n) is 4.69. The lowest BCUT2D eigenvalue weighted by molar-refractivity contribution is 0.0381. The van der Waals surface area contributed by atoms with Gasteiger partial charge in [0, 0.05) is 0 Å². The summed E-state index contributed by atoms with van der Waals surface area (Å²) < 4.78 is 11.6. The average molecular weight is 117 g/mol. The van der Waals surface area contributed by atoms with Crippen molar-refractivity contribution in [2.45, 2.75) is 18.9 Å². The number of nitriles is 1. The van der Waals surface area contributed by atoms with Crippen LogP contribution in [0.4, 0.5) is 4.39 Å². The smallest absolute Gasteiger partial charge is 0.119 e. The highest BCUT2D eigenvalue weighted by molar-refractivity contribution is 4.84. The van der Waals surface area contributed by atoms with Crippen LogP contribution in [-0.4, -0.2) is 17.4 Å². The largest absolute Gasteiger partial charge is 0.386 e. The molecule has 0 fully saturated rings. The zero-order valence-corrected chi connectivity index (χ0v) is 4.69. The van der Waals surface area contributed by atoms with Gasteiger partial charge >= 0.3 is 0 Å². The second kappa shape index (κ2) is 2.63. The van der Waals surface area contributed by atoms with Crippen LogP contribution in [-0.2, 0) is 0 Å². The molecule has 1 N–H and O–H groups in total. The summed E-state index contributed by atoms with van der Waals surface area (Å²) in [4.78, 5) is 0. The van der Waals surface area contributed by atoms with Gasteiger partial charge in [-0.15, -0.1) is 0 Å². The first kappa shape index (κ1) is 7.38. The Morgan fingerprint density at radius 3 is 2.50 bits per heavy atom. The van der Waals surface area contributed by atoms with Crippen LogP contribution < -0.4 is 0 Å². The van der Waals surface area contributed by atoms with E-state index in [-0.39, 0.29) is 6.42 Å². The summed E-state index contributed by atoms with van der Waals surface area (Å²) in [6, 6.07) is 1.67. The third-order valence-electron chi connectivity index (χ3n) is 0.748. The van der Waals surface area contributed by atoms with Crippen LogP contribution in [0.3, 0.4) is 0 Å². The van der Waals surface area contributed by atoms with Gasteiger partial charge in [0.15, 0.2) is 0 Å². The summed E-state index contributed by atoms with van der Waals surface area (Å²) in [5.41, 5.74) is -1.44. The molecule has 3 heteroatoms. The molecular formula is C5H8FNO. The molecule has 0 bridgehead atoms. The van der Waals surface area contributed by atoms with Gasteiger partial charge < -0.3 is 5.11 Å². The molecule has 0 aliphatic heterocycles. The standard InChI is InChI=1S/C5H8FNO/c1-5(8,4-6)2-3-7/h8H,2,4H2,1H3. The molecule has 0 radical (unpaired) electrons. The Bertz CT molecular complexity index is 105. The molecule has 0 aromatic rings. The van der Waals surface area contributed by atoms with E-state index in [0.717, 1.165) is 0 Å². The van der Waals surface area contributed by atoms with E-state index in [1.165, 1.54) is 6.92 Å². The molecule has 0 rings (SSSR count). The topological polar surface area (TPSA) is 44.0 Å². The van der Waals surface area contributed by atoms with Crippen molar-refractivity contribution < 1.29 is 9.50 Å². The average Bonchev–Trinajstić information content (AvgIpc) is 1.67. The number of nitrogens with zero attached hydrogens (tertiary/aromatic N) is 1. The Labute approximate surface area is 47.6 Å². The van der Waals surface area contributed by atoms with E-state index >= 15 is 0 Å².